The van der Waals surface area contributed by atoms with E-state index in [4.69, 9.17) is 0 Å². The Kier molecular flexibility index (Phi) is 4.41. The standard InChI is InChI=1S/C16H28N8/c1-12-19-15-4-3-13(10-24(15)21-12)20-16(17-2)18-9-14-11-22-5-7-23(14)8-6-22/h13-14H,3-11H2,1-2H3,(H2,17,18,20). The lowest BCUT2D eigenvalue weighted by atomic mass is 10.1. The SMILES string of the molecule is CN=C(NCC1CN2CCN1CC2)NC1CCc2nc(C)nn2C1. The molecule has 2 bridgehead atoms. The number of fused-ring (bicyclic) bond motifs is 4. The lowest BCUT2D eigenvalue weighted by Crippen LogP contribution is -2.64. The van der Waals surface area contributed by atoms with Crippen LogP contribution in [0.15, 0.2) is 4.99 Å². The molecule has 0 spiro atoms. The highest BCUT2D eigenvalue weighted by Crippen LogP contribution is 2.15. The zero-order valence-electron chi connectivity index (χ0n) is 14.7. The molecule has 4 aliphatic rings. The Morgan fingerprint density at radius 1 is 1.25 bits per heavy atom. The summed E-state index contributed by atoms with van der Waals surface area (Å²) in [5.74, 6) is 2.87. The van der Waals surface area contributed by atoms with E-state index in [0.717, 1.165) is 43.5 Å². The van der Waals surface area contributed by atoms with Crippen molar-refractivity contribution in [3.05, 3.63) is 11.6 Å². The summed E-state index contributed by atoms with van der Waals surface area (Å²) in [6.07, 6.45) is 2.04. The van der Waals surface area contributed by atoms with Crippen molar-refractivity contribution in [1.29, 1.82) is 0 Å². The van der Waals surface area contributed by atoms with Gasteiger partial charge in [0.05, 0.1) is 6.54 Å². The van der Waals surface area contributed by atoms with Crippen LogP contribution >= 0.6 is 0 Å². The second-order valence-electron chi connectivity index (χ2n) is 7.08. The lowest BCUT2D eigenvalue weighted by molar-refractivity contribution is 0.0154. The van der Waals surface area contributed by atoms with E-state index in [2.05, 4.69) is 35.5 Å². The molecule has 5 rings (SSSR count). The molecule has 8 heteroatoms. The third-order valence-corrected chi connectivity index (χ3v) is 5.43. The minimum atomic E-state index is 0.358. The second kappa shape index (κ2) is 6.68. The molecule has 1 aromatic heterocycles. The Labute approximate surface area is 143 Å². The minimum absolute atomic E-state index is 0.358. The highest BCUT2D eigenvalue weighted by Gasteiger charge is 2.31. The summed E-state index contributed by atoms with van der Waals surface area (Å²) < 4.78 is 2.03. The van der Waals surface area contributed by atoms with Crippen LogP contribution < -0.4 is 10.6 Å². The fourth-order valence-electron chi connectivity index (χ4n) is 4.07. The van der Waals surface area contributed by atoms with Crippen molar-refractivity contribution < 1.29 is 0 Å². The van der Waals surface area contributed by atoms with Crippen LogP contribution in [-0.4, -0.2) is 88.9 Å². The molecule has 2 N–H and O–H groups in total. The van der Waals surface area contributed by atoms with Crippen LogP contribution in [0.4, 0.5) is 0 Å². The van der Waals surface area contributed by atoms with Gasteiger partial charge in [0.2, 0.25) is 0 Å². The van der Waals surface area contributed by atoms with Gasteiger partial charge in [0.1, 0.15) is 11.6 Å². The number of aryl methyl sites for hydroxylation is 2. The Morgan fingerprint density at radius 2 is 2.08 bits per heavy atom. The summed E-state index contributed by atoms with van der Waals surface area (Å²) in [4.78, 5) is 14.0. The maximum atomic E-state index is 4.47. The van der Waals surface area contributed by atoms with Crippen LogP contribution in [0.5, 0.6) is 0 Å². The smallest absolute Gasteiger partial charge is 0.191 e. The van der Waals surface area contributed by atoms with E-state index in [1.807, 2.05) is 18.7 Å². The Hall–Kier alpha value is -1.67. The average Bonchev–Trinajstić information content (AvgIpc) is 2.99. The van der Waals surface area contributed by atoms with Gasteiger partial charge >= 0.3 is 0 Å². The normalized spacial score (nSPS) is 32.5. The van der Waals surface area contributed by atoms with Crippen molar-refractivity contribution >= 4 is 5.96 Å². The predicted octanol–water partition coefficient (Wildman–Crippen LogP) is -0.934. The summed E-state index contributed by atoms with van der Waals surface area (Å²) in [6, 6.07) is 0.957. The molecule has 0 radical (unpaired) electrons. The van der Waals surface area contributed by atoms with Crippen LogP contribution in [0, 0.1) is 6.92 Å². The molecule has 24 heavy (non-hydrogen) atoms. The summed E-state index contributed by atoms with van der Waals surface area (Å²) in [5.41, 5.74) is 0. The van der Waals surface area contributed by atoms with E-state index in [9.17, 15) is 0 Å². The van der Waals surface area contributed by atoms with E-state index >= 15 is 0 Å². The Bertz CT molecular complexity index is 601. The maximum absolute atomic E-state index is 4.47. The second-order valence-corrected chi connectivity index (χ2v) is 7.08. The molecule has 5 heterocycles. The van der Waals surface area contributed by atoms with Gasteiger partial charge < -0.3 is 10.6 Å². The van der Waals surface area contributed by atoms with Crippen molar-refractivity contribution in [2.75, 3.05) is 46.3 Å². The van der Waals surface area contributed by atoms with Crippen molar-refractivity contribution in [3.63, 3.8) is 0 Å². The Balaban J connectivity index is 1.29. The first-order valence-corrected chi connectivity index (χ1v) is 9.05. The summed E-state index contributed by atoms with van der Waals surface area (Å²) in [5, 5.41) is 11.6. The van der Waals surface area contributed by atoms with E-state index in [-0.39, 0.29) is 0 Å². The van der Waals surface area contributed by atoms with Crippen molar-refractivity contribution in [3.8, 4) is 0 Å². The van der Waals surface area contributed by atoms with Crippen LogP contribution in [0.3, 0.4) is 0 Å². The maximum Gasteiger partial charge on any atom is 0.191 e. The van der Waals surface area contributed by atoms with Gasteiger partial charge in [-0.2, -0.15) is 5.10 Å². The number of aliphatic imine (C=N–C) groups is 1. The molecule has 132 valence electrons. The summed E-state index contributed by atoms with van der Waals surface area (Å²) in [6.45, 7) is 9.81. The van der Waals surface area contributed by atoms with Gasteiger partial charge in [-0.05, 0) is 13.3 Å². The highest BCUT2D eigenvalue weighted by molar-refractivity contribution is 5.80. The predicted molar refractivity (Wildman–Crippen MR) is 93.2 cm³/mol. The molecule has 4 aliphatic heterocycles. The lowest BCUT2D eigenvalue weighted by Gasteiger charge is -2.47. The van der Waals surface area contributed by atoms with Gasteiger partial charge in [0.15, 0.2) is 5.96 Å². The summed E-state index contributed by atoms with van der Waals surface area (Å²) in [7, 11) is 1.85. The van der Waals surface area contributed by atoms with Crippen LogP contribution in [0.1, 0.15) is 18.1 Å². The number of piperazine rings is 3. The first-order chi connectivity index (χ1) is 11.7. The monoisotopic (exact) mass is 332 g/mol. The molecule has 3 saturated heterocycles. The zero-order valence-corrected chi connectivity index (χ0v) is 14.7. The van der Waals surface area contributed by atoms with Crippen LogP contribution in [0.2, 0.25) is 0 Å². The van der Waals surface area contributed by atoms with Crippen molar-refractivity contribution in [2.45, 2.75) is 38.4 Å². The number of hydrogen-bond donors (Lipinski definition) is 2. The number of nitrogens with zero attached hydrogens (tertiary/aromatic N) is 6. The van der Waals surface area contributed by atoms with Crippen molar-refractivity contribution in [2.24, 2.45) is 4.99 Å². The van der Waals surface area contributed by atoms with Crippen molar-refractivity contribution in [1.82, 2.24) is 35.2 Å². The zero-order chi connectivity index (χ0) is 16.5. The molecule has 3 fully saturated rings. The minimum Gasteiger partial charge on any atom is -0.355 e. The van der Waals surface area contributed by atoms with Gasteiger partial charge in [0.25, 0.3) is 0 Å². The van der Waals surface area contributed by atoms with Gasteiger partial charge in [-0.15, -0.1) is 0 Å². The van der Waals surface area contributed by atoms with E-state index in [1.54, 1.807) is 0 Å². The largest absolute Gasteiger partial charge is 0.355 e. The van der Waals surface area contributed by atoms with E-state index < -0.39 is 0 Å². The third-order valence-electron chi connectivity index (χ3n) is 5.43. The quantitative estimate of drug-likeness (QED) is 0.550. The number of guanidine groups is 1. The topological polar surface area (TPSA) is 73.6 Å². The van der Waals surface area contributed by atoms with Gasteiger partial charge in [-0.1, -0.05) is 0 Å². The molecule has 0 aliphatic carbocycles. The first kappa shape index (κ1) is 15.8. The van der Waals surface area contributed by atoms with Crippen LogP contribution in [-0.2, 0) is 13.0 Å². The van der Waals surface area contributed by atoms with Crippen LogP contribution in [0.25, 0.3) is 0 Å². The molecule has 2 unspecified atom stereocenters. The molecular weight excluding hydrogens is 304 g/mol. The third kappa shape index (κ3) is 3.25. The van der Waals surface area contributed by atoms with E-state index in [1.165, 1.54) is 32.7 Å². The molecule has 0 amide bonds. The fraction of sp³-hybridized carbons (Fsp3) is 0.812. The fourth-order valence-corrected chi connectivity index (χ4v) is 4.07. The molecular formula is C16H28N8. The van der Waals surface area contributed by atoms with Gasteiger partial charge in [-0.25, -0.2) is 9.67 Å². The van der Waals surface area contributed by atoms with Gasteiger partial charge in [-0.3, -0.25) is 14.8 Å². The average molecular weight is 332 g/mol. The van der Waals surface area contributed by atoms with E-state index in [0.29, 0.717) is 12.1 Å². The molecule has 0 aromatic carbocycles. The molecule has 0 saturated carbocycles. The Morgan fingerprint density at radius 3 is 2.79 bits per heavy atom. The summed E-state index contributed by atoms with van der Waals surface area (Å²) >= 11 is 0. The number of nitrogens with one attached hydrogen (secondary N) is 2. The molecule has 1 aromatic rings. The first-order valence-electron chi connectivity index (χ1n) is 9.05. The number of hydrogen-bond acceptors (Lipinski definition) is 5. The van der Waals surface area contributed by atoms with Gasteiger partial charge in [0, 0.05) is 64.8 Å². The number of aromatic nitrogens is 3. The molecule has 8 nitrogen and oxygen atoms in total. The number of rotatable bonds is 3. The molecule has 2 atom stereocenters. The highest BCUT2D eigenvalue weighted by atomic mass is 15.4.